The van der Waals surface area contributed by atoms with Crippen molar-refractivity contribution in [1.29, 1.82) is 0 Å². The first-order valence-corrected chi connectivity index (χ1v) is 9.60. The molecule has 1 aliphatic carbocycles. The van der Waals surface area contributed by atoms with Gasteiger partial charge >= 0.3 is 0 Å². The molecule has 0 saturated heterocycles. The predicted molar refractivity (Wildman–Crippen MR) is 112 cm³/mol. The normalized spacial score (nSPS) is 14.9. The van der Waals surface area contributed by atoms with Crippen LogP contribution in [-0.4, -0.2) is 28.9 Å². The van der Waals surface area contributed by atoms with Gasteiger partial charge in [0, 0.05) is 23.0 Å². The van der Waals surface area contributed by atoms with Crippen molar-refractivity contribution in [2.24, 2.45) is 5.73 Å². The van der Waals surface area contributed by atoms with Gasteiger partial charge in [0.05, 0.1) is 5.66 Å². The minimum Gasteiger partial charge on any atom is -0.399 e. The smallest absolute Gasteiger partial charge is 0.255 e. The first-order valence-electron chi connectivity index (χ1n) is 9.60. The van der Waals surface area contributed by atoms with Gasteiger partial charge in [-0.3, -0.25) is 9.59 Å². The molecular weight excluding hydrogens is 390 g/mol. The van der Waals surface area contributed by atoms with Crippen LogP contribution in [0.25, 0.3) is 5.57 Å². The average Bonchev–Trinajstić information content (AvgIpc) is 3.16. The van der Waals surface area contributed by atoms with Crippen molar-refractivity contribution in [3.8, 4) is 0 Å². The molecule has 0 aliphatic heterocycles. The van der Waals surface area contributed by atoms with Crippen LogP contribution in [0.15, 0.2) is 49.0 Å². The number of anilines is 2. The second-order valence-corrected chi connectivity index (χ2v) is 7.48. The Morgan fingerprint density at radius 3 is 2.30 bits per heavy atom. The van der Waals surface area contributed by atoms with E-state index in [-0.39, 0.29) is 17.8 Å². The van der Waals surface area contributed by atoms with E-state index < -0.39 is 29.1 Å². The van der Waals surface area contributed by atoms with Gasteiger partial charge in [-0.2, -0.15) is 0 Å². The fourth-order valence-electron chi connectivity index (χ4n) is 3.58. The second-order valence-electron chi connectivity index (χ2n) is 7.48. The molecule has 6 nitrogen and oxygen atoms in total. The number of hydrogen-bond donors (Lipinski definition) is 3. The van der Waals surface area contributed by atoms with Crippen LogP contribution in [0.5, 0.6) is 0 Å². The zero-order chi connectivity index (χ0) is 21.9. The van der Waals surface area contributed by atoms with Gasteiger partial charge in [-0.15, -0.1) is 0 Å². The van der Waals surface area contributed by atoms with Crippen LogP contribution in [-0.2, 0) is 9.59 Å². The van der Waals surface area contributed by atoms with E-state index in [9.17, 15) is 18.4 Å². The summed E-state index contributed by atoms with van der Waals surface area (Å²) in [6, 6.07) is 9.69. The molecule has 0 bridgehead atoms. The maximum atomic E-state index is 13.4. The summed E-state index contributed by atoms with van der Waals surface area (Å²) in [5.41, 5.74) is 12.6. The highest BCUT2D eigenvalue weighted by molar-refractivity contribution is 6.19. The van der Waals surface area contributed by atoms with E-state index in [2.05, 4.69) is 11.9 Å². The van der Waals surface area contributed by atoms with Crippen LogP contribution in [0.3, 0.4) is 0 Å². The number of halogens is 2. The third kappa shape index (κ3) is 4.65. The van der Waals surface area contributed by atoms with Gasteiger partial charge in [0.15, 0.2) is 11.6 Å². The van der Waals surface area contributed by atoms with Gasteiger partial charge in [0.1, 0.15) is 6.54 Å². The Morgan fingerprint density at radius 1 is 1.07 bits per heavy atom. The van der Waals surface area contributed by atoms with Crippen LogP contribution in [0.4, 0.5) is 20.2 Å². The fourth-order valence-corrected chi connectivity index (χ4v) is 3.58. The summed E-state index contributed by atoms with van der Waals surface area (Å²) >= 11 is 0. The lowest BCUT2D eigenvalue weighted by atomic mass is 10.0. The summed E-state index contributed by atoms with van der Waals surface area (Å²) in [4.78, 5) is 27.1. The Balaban J connectivity index is 1.80. The molecule has 5 N–H and O–H groups in total. The Kier molecular flexibility index (Phi) is 6.17. The van der Waals surface area contributed by atoms with Crippen LogP contribution >= 0.6 is 0 Å². The number of nitrogens with zero attached hydrogens (tertiary/aromatic N) is 1. The SMILES string of the molecule is C=C(C(=O)N(CC(=O)Nc1ccc(F)c(F)c1)C1(N)CCCC1)c1ccc(N)cc1. The van der Waals surface area contributed by atoms with Gasteiger partial charge in [0.25, 0.3) is 5.91 Å². The molecule has 158 valence electrons. The molecule has 0 heterocycles. The Hall–Kier alpha value is -3.26. The number of nitrogen functional groups attached to an aromatic ring is 1. The highest BCUT2D eigenvalue weighted by Crippen LogP contribution is 2.32. The molecule has 1 fully saturated rings. The van der Waals surface area contributed by atoms with Crippen molar-refractivity contribution < 1.29 is 18.4 Å². The van der Waals surface area contributed by atoms with Crippen molar-refractivity contribution in [3.05, 3.63) is 66.2 Å². The van der Waals surface area contributed by atoms with E-state index >= 15 is 0 Å². The summed E-state index contributed by atoms with van der Waals surface area (Å²) in [7, 11) is 0. The number of carbonyl (C=O) groups excluding carboxylic acids is 2. The van der Waals surface area contributed by atoms with Crippen molar-refractivity contribution in [2.75, 3.05) is 17.6 Å². The first kappa shape index (κ1) is 21.4. The molecule has 2 aromatic rings. The number of amides is 2. The molecule has 0 atom stereocenters. The van der Waals surface area contributed by atoms with E-state index in [0.717, 1.165) is 25.0 Å². The van der Waals surface area contributed by atoms with Gasteiger partial charge in [0.2, 0.25) is 5.91 Å². The summed E-state index contributed by atoms with van der Waals surface area (Å²) in [5, 5.41) is 2.48. The number of rotatable bonds is 6. The van der Waals surface area contributed by atoms with E-state index in [0.29, 0.717) is 24.1 Å². The zero-order valence-electron chi connectivity index (χ0n) is 16.5. The molecular formula is C22H24F2N4O2. The second kappa shape index (κ2) is 8.62. The molecule has 0 radical (unpaired) electrons. The highest BCUT2D eigenvalue weighted by atomic mass is 19.2. The first-order chi connectivity index (χ1) is 14.2. The molecule has 2 amide bonds. The van der Waals surface area contributed by atoms with E-state index in [4.69, 9.17) is 11.5 Å². The van der Waals surface area contributed by atoms with Crippen molar-refractivity contribution in [2.45, 2.75) is 31.3 Å². The van der Waals surface area contributed by atoms with Crippen LogP contribution in [0.1, 0.15) is 31.2 Å². The van der Waals surface area contributed by atoms with E-state index in [1.807, 2.05) is 0 Å². The molecule has 0 unspecified atom stereocenters. The number of benzene rings is 2. The van der Waals surface area contributed by atoms with Gasteiger partial charge < -0.3 is 21.7 Å². The molecule has 0 aromatic heterocycles. The average molecular weight is 414 g/mol. The molecule has 1 aliphatic rings. The molecule has 2 aromatic carbocycles. The largest absolute Gasteiger partial charge is 0.399 e. The third-order valence-corrected chi connectivity index (χ3v) is 5.27. The van der Waals surface area contributed by atoms with E-state index in [1.165, 1.54) is 11.0 Å². The molecule has 8 heteroatoms. The number of nitrogens with one attached hydrogen (secondary N) is 1. The van der Waals surface area contributed by atoms with Gasteiger partial charge in [-0.05, 0) is 55.5 Å². The molecule has 30 heavy (non-hydrogen) atoms. The Bertz CT molecular complexity index is 970. The van der Waals surface area contributed by atoms with Gasteiger partial charge in [-0.1, -0.05) is 18.7 Å². The van der Waals surface area contributed by atoms with Gasteiger partial charge in [-0.25, -0.2) is 8.78 Å². The lowest BCUT2D eigenvalue weighted by molar-refractivity contribution is -0.135. The van der Waals surface area contributed by atoms with Crippen molar-refractivity contribution >= 4 is 28.8 Å². The zero-order valence-corrected chi connectivity index (χ0v) is 16.5. The minimum absolute atomic E-state index is 0.0844. The fraction of sp³-hybridized carbons (Fsp3) is 0.273. The van der Waals surface area contributed by atoms with E-state index in [1.54, 1.807) is 24.3 Å². The summed E-state index contributed by atoms with van der Waals surface area (Å²) in [5.74, 6) is -3.14. The lowest BCUT2D eigenvalue weighted by Crippen LogP contribution is -2.58. The molecule has 3 rings (SSSR count). The van der Waals surface area contributed by atoms with Crippen LogP contribution in [0.2, 0.25) is 0 Å². The standard InChI is InChI=1S/C22H24F2N4O2/c1-14(15-4-6-16(25)7-5-15)21(30)28(22(26)10-2-3-11-22)13-20(29)27-17-8-9-18(23)19(24)12-17/h4-9,12H,1-3,10-11,13,25-26H2,(H,27,29). The number of carbonyl (C=O) groups is 2. The molecule has 1 saturated carbocycles. The highest BCUT2D eigenvalue weighted by Gasteiger charge is 2.40. The number of nitrogens with two attached hydrogens (primary N) is 2. The Labute approximate surface area is 173 Å². The maximum absolute atomic E-state index is 13.4. The number of hydrogen-bond acceptors (Lipinski definition) is 4. The predicted octanol–water partition coefficient (Wildman–Crippen LogP) is 3.26. The topological polar surface area (TPSA) is 101 Å². The Morgan fingerprint density at radius 2 is 1.70 bits per heavy atom. The van der Waals surface area contributed by atoms with Crippen molar-refractivity contribution in [1.82, 2.24) is 4.90 Å². The van der Waals surface area contributed by atoms with Crippen LogP contribution in [0, 0.1) is 11.6 Å². The quantitative estimate of drug-likeness (QED) is 0.384. The lowest BCUT2D eigenvalue weighted by Gasteiger charge is -2.38. The monoisotopic (exact) mass is 414 g/mol. The molecule has 0 spiro atoms. The third-order valence-electron chi connectivity index (χ3n) is 5.27. The maximum Gasteiger partial charge on any atom is 0.255 e. The summed E-state index contributed by atoms with van der Waals surface area (Å²) in [6.45, 7) is 3.54. The summed E-state index contributed by atoms with van der Waals surface area (Å²) < 4.78 is 26.5. The van der Waals surface area contributed by atoms with Crippen LogP contribution < -0.4 is 16.8 Å². The minimum atomic E-state index is -1.08. The summed E-state index contributed by atoms with van der Waals surface area (Å²) in [6.07, 6.45) is 2.76. The van der Waals surface area contributed by atoms with Crippen molar-refractivity contribution in [3.63, 3.8) is 0 Å².